The van der Waals surface area contributed by atoms with Crippen molar-refractivity contribution in [1.29, 1.82) is 0 Å². The number of carbonyl (C=O) groups excluding carboxylic acids is 1. The van der Waals surface area contributed by atoms with Crippen LogP contribution in [0, 0.1) is 0 Å². The molecular formula is C16H23NO5. The molecule has 0 aromatic heterocycles. The first kappa shape index (κ1) is 16.7. The molecule has 2 atom stereocenters. The Bertz CT molecular complexity index is 515. The Morgan fingerprint density at radius 2 is 1.82 bits per heavy atom. The maximum Gasteiger partial charge on any atom is 0.413 e. The summed E-state index contributed by atoms with van der Waals surface area (Å²) in [5, 5.41) is 10.9. The van der Waals surface area contributed by atoms with Crippen molar-refractivity contribution in [2.45, 2.75) is 37.9 Å². The number of ether oxygens (including phenoxy) is 3. The summed E-state index contributed by atoms with van der Waals surface area (Å²) in [5.74, 6) is 0. The van der Waals surface area contributed by atoms with Crippen LogP contribution in [-0.4, -0.2) is 54.5 Å². The Labute approximate surface area is 130 Å². The van der Waals surface area contributed by atoms with Gasteiger partial charge in [-0.15, -0.1) is 0 Å². The largest absolute Gasteiger partial charge is 0.438 e. The van der Waals surface area contributed by atoms with E-state index in [0.29, 0.717) is 6.42 Å². The maximum atomic E-state index is 12.2. The van der Waals surface area contributed by atoms with Crippen LogP contribution in [0.5, 0.6) is 0 Å². The fraction of sp³-hybridized carbons (Fsp3) is 0.562. The van der Waals surface area contributed by atoms with Crippen LogP contribution in [0.15, 0.2) is 30.3 Å². The highest BCUT2D eigenvalue weighted by Gasteiger charge is 2.59. The summed E-state index contributed by atoms with van der Waals surface area (Å²) >= 11 is 0. The predicted molar refractivity (Wildman–Crippen MR) is 80.2 cm³/mol. The van der Waals surface area contributed by atoms with E-state index in [1.54, 1.807) is 13.8 Å². The summed E-state index contributed by atoms with van der Waals surface area (Å²) in [6.45, 7) is 3.39. The molecule has 1 heterocycles. The van der Waals surface area contributed by atoms with Crippen molar-refractivity contribution in [2.24, 2.45) is 0 Å². The van der Waals surface area contributed by atoms with E-state index in [2.05, 4.69) is 0 Å². The molecule has 1 aromatic carbocycles. The lowest BCUT2D eigenvalue weighted by Gasteiger charge is -2.38. The quantitative estimate of drug-likeness (QED) is 0.811. The second-order valence-corrected chi connectivity index (χ2v) is 5.79. The van der Waals surface area contributed by atoms with Crippen LogP contribution < -0.4 is 0 Å². The Morgan fingerprint density at radius 3 is 2.36 bits per heavy atom. The minimum Gasteiger partial charge on any atom is -0.438 e. The van der Waals surface area contributed by atoms with Crippen LogP contribution in [-0.2, 0) is 20.6 Å². The number of cyclic esters (lactones) is 1. The van der Waals surface area contributed by atoms with Crippen LogP contribution in [0.25, 0.3) is 0 Å². The molecule has 6 nitrogen and oxygen atoms in total. The van der Waals surface area contributed by atoms with Crippen molar-refractivity contribution < 1.29 is 24.1 Å². The number of benzene rings is 1. The summed E-state index contributed by atoms with van der Waals surface area (Å²) in [4.78, 5) is 13.4. The SMILES string of the molecule is COC(CN1C(=O)O[C@](C)(Cc2ccccc2)[C@]1(C)O)OC. The minimum absolute atomic E-state index is 0.0865. The van der Waals surface area contributed by atoms with Gasteiger partial charge in [-0.1, -0.05) is 30.3 Å². The second-order valence-electron chi connectivity index (χ2n) is 5.79. The van der Waals surface area contributed by atoms with Gasteiger partial charge in [0, 0.05) is 20.6 Å². The van der Waals surface area contributed by atoms with Crippen LogP contribution >= 0.6 is 0 Å². The van der Waals surface area contributed by atoms with Gasteiger partial charge in [0.25, 0.3) is 0 Å². The monoisotopic (exact) mass is 309 g/mol. The number of hydrogen-bond donors (Lipinski definition) is 1. The molecule has 6 heteroatoms. The van der Waals surface area contributed by atoms with E-state index < -0.39 is 23.7 Å². The second kappa shape index (κ2) is 6.24. The third-order valence-electron chi connectivity index (χ3n) is 4.30. The van der Waals surface area contributed by atoms with Crippen molar-refractivity contribution >= 4 is 6.09 Å². The highest BCUT2D eigenvalue weighted by Crippen LogP contribution is 2.39. The predicted octanol–water partition coefficient (Wildman–Crippen LogP) is 1.77. The molecule has 1 aromatic rings. The first-order chi connectivity index (χ1) is 10.3. The lowest BCUT2D eigenvalue weighted by atomic mass is 9.86. The minimum atomic E-state index is -1.48. The normalized spacial score (nSPS) is 28.3. The first-order valence-corrected chi connectivity index (χ1v) is 7.16. The standard InChI is InChI=1S/C16H23NO5/c1-15(10-12-8-6-5-7-9-12)16(2,19)17(14(18)22-15)11-13(20-3)21-4/h5-9,13,19H,10-11H2,1-4H3/t15-,16+/m1/s1. The summed E-state index contributed by atoms with van der Waals surface area (Å²) in [5.41, 5.74) is -1.55. The van der Waals surface area contributed by atoms with Gasteiger partial charge in [0.15, 0.2) is 17.6 Å². The smallest absolute Gasteiger partial charge is 0.413 e. The molecule has 1 aliphatic rings. The Morgan fingerprint density at radius 1 is 1.23 bits per heavy atom. The average Bonchev–Trinajstić information content (AvgIpc) is 2.64. The molecule has 0 aliphatic carbocycles. The van der Waals surface area contributed by atoms with Gasteiger partial charge >= 0.3 is 6.09 Å². The molecule has 0 bridgehead atoms. The zero-order valence-corrected chi connectivity index (χ0v) is 13.4. The van der Waals surface area contributed by atoms with E-state index in [0.717, 1.165) is 5.56 Å². The average molecular weight is 309 g/mol. The molecule has 0 saturated carbocycles. The van der Waals surface area contributed by atoms with Crippen molar-refractivity contribution in [3.63, 3.8) is 0 Å². The number of hydrogen-bond acceptors (Lipinski definition) is 5. The molecule has 0 spiro atoms. The lowest BCUT2D eigenvalue weighted by Crippen LogP contribution is -2.57. The third-order valence-corrected chi connectivity index (χ3v) is 4.30. The fourth-order valence-corrected chi connectivity index (χ4v) is 2.64. The Hall–Kier alpha value is -1.63. The Balaban J connectivity index is 2.22. The first-order valence-electron chi connectivity index (χ1n) is 7.16. The van der Waals surface area contributed by atoms with Gasteiger partial charge in [-0.2, -0.15) is 0 Å². The van der Waals surface area contributed by atoms with E-state index in [9.17, 15) is 9.90 Å². The van der Waals surface area contributed by atoms with Crippen LogP contribution in [0.4, 0.5) is 4.79 Å². The molecule has 1 N–H and O–H groups in total. The van der Waals surface area contributed by atoms with Crippen LogP contribution in [0.3, 0.4) is 0 Å². The van der Waals surface area contributed by atoms with Gasteiger partial charge in [-0.3, -0.25) is 4.90 Å². The van der Waals surface area contributed by atoms with E-state index >= 15 is 0 Å². The molecule has 1 fully saturated rings. The zero-order valence-electron chi connectivity index (χ0n) is 13.4. The van der Waals surface area contributed by atoms with Gasteiger partial charge in [-0.25, -0.2) is 4.79 Å². The van der Waals surface area contributed by atoms with Crippen molar-refractivity contribution in [2.75, 3.05) is 20.8 Å². The van der Waals surface area contributed by atoms with Gasteiger partial charge in [0.2, 0.25) is 0 Å². The Kier molecular flexibility index (Phi) is 4.75. The van der Waals surface area contributed by atoms with Gasteiger partial charge in [0.05, 0.1) is 6.54 Å². The van der Waals surface area contributed by atoms with Crippen LogP contribution in [0.2, 0.25) is 0 Å². The van der Waals surface area contributed by atoms with E-state index in [-0.39, 0.29) is 6.54 Å². The molecule has 122 valence electrons. The molecule has 1 amide bonds. The third kappa shape index (κ3) is 2.95. The van der Waals surface area contributed by atoms with E-state index in [1.807, 2.05) is 30.3 Å². The number of rotatable bonds is 6. The van der Waals surface area contributed by atoms with Crippen molar-refractivity contribution in [3.8, 4) is 0 Å². The molecule has 2 rings (SSSR count). The molecule has 0 unspecified atom stereocenters. The fourth-order valence-electron chi connectivity index (χ4n) is 2.64. The highest BCUT2D eigenvalue weighted by molar-refractivity contribution is 5.72. The molecule has 22 heavy (non-hydrogen) atoms. The van der Waals surface area contributed by atoms with Crippen LogP contribution in [0.1, 0.15) is 19.4 Å². The van der Waals surface area contributed by atoms with E-state index in [4.69, 9.17) is 14.2 Å². The van der Waals surface area contributed by atoms with E-state index in [1.165, 1.54) is 19.1 Å². The number of amides is 1. The van der Waals surface area contributed by atoms with Gasteiger partial charge in [0.1, 0.15) is 0 Å². The zero-order chi connectivity index (χ0) is 16.4. The summed E-state index contributed by atoms with van der Waals surface area (Å²) in [6, 6.07) is 9.61. The lowest BCUT2D eigenvalue weighted by molar-refractivity contribution is -0.168. The molecule has 1 saturated heterocycles. The summed E-state index contributed by atoms with van der Waals surface area (Å²) < 4.78 is 15.7. The summed E-state index contributed by atoms with van der Waals surface area (Å²) in [6.07, 6.45) is -0.797. The number of nitrogens with zero attached hydrogens (tertiary/aromatic N) is 1. The van der Waals surface area contributed by atoms with Crippen molar-refractivity contribution in [3.05, 3.63) is 35.9 Å². The number of carbonyl (C=O) groups is 1. The molecular weight excluding hydrogens is 286 g/mol. The number of methoxy groups -OCH3 is 2. The number of aliphatic hydroxyl groups is 1. The van der Waals surface area contributed by atoms with Crippen molar-refractivity contribution in [1.82, 2.24) is 4.90 Å². The van der Waals surface area contributed by atoms with Gasteiger partial charge < -0.3 is 19.3 Å². The van der Waals surface area contributed by atoms with Gasteiger partial charge in [-0.05, 0) is 19.4 Å². The highest BCUT2D eigenvalue weighted by atomic mass is 16.7. The maximum absolute atomic E-state index is 12.2. The summed E-state index contributed by atoms with van der Waals surface area (Å²) in [7, 11) is 2.96. The topological polar surface area (TPSA) is 68.2 Å². The molecule has 0 radical (unpaired) electrons. The molecule has 1 aliphatic heterocycles.